The molecule has 0 radical (unpaired) electrons. The van der Waals surface area contributed by atoms with Crippen LogP contribution in [0.25, 0.3) is 10.8 Å². The number of hydrogen-bond acceptors (Lipinski definition) is 16. The first kappa shape index (κ1) is 34.8. The van der Waals surface area contributed by atoms with E-state index in [2.05, 4.69) is 18.7 Å². The van der Waals surface area contributed by atoms with Gasteiger partial charge in [0.2, 0.25) is 9.84 Å². The van der Waals surface area contributed by atoms with Gasteiger partial charge in [0.1, 0.15) is 27.0 Å². The van der Waals surface area contributed by atoms with Crippen molar-refractivity contribution in [1.29, 1.82) is 0 Å². The molecule has 0 bridgehead atoms. The number of hydrogen-bond donors (Lipinski definition) is 4. The van der Waals surface area contributed by atoms with Crippen molar-refractivity contribution in [1.82, 2.24) is 0 Å². The highest BCUT2D eigenvalue weighted by molar-refractivity contribution is 7.95. The molecule has 4 aromatic rings. The lowest BCUT2D eigenvalue weighted by molar-refractivity contribution is -0.432. The first-order chi connectivity index (χ1) is 21.1. The Morgan fingerprint density at radius 2 is 1.16 bits per heavy atom. The van der Waals surface area contributed by atoms with Crippen molar-refractivity contribution in [2.45, 2.75) is 36.3 Å². The SMILES string of the molecule is COc1cc2cc(Oc3ccc(S(=O)(=O)c4ccc(C)c(SOOO)c4)cc3S(=O)(=O)O)c(SOOO)cc2cc1S(=O)(=O)O. The maximum Gasteiger partial charge on any atom is 0.298 e. The highest BCUT2D eigenvalue weighted by Crippen LogP contribution is 2.41. The van der Waals surface area contributed by atoms with Crippen LogP contribution in [-0.2, 0) is 48.8 Å². The van der Waals surface area contributed by atoms with Gasteiger partial charge in [-0.2, -0.15) is 16.8 Å². The zero-order chi connectivity index (χ0) is 33.2. The van der Waals surface area contributed by atoms with Crippen molar-refractivity contribution < 1.29 is 73.1 Å². The Balaban J connectivity index is 1.84. The zero-order valence-corrected chi connectivity index (χ0v) is 26.6. The molecule has 0 aromatic heterocycles. The van der Waals surface area contributed by atoms with Gasteiger partial charge in [-0.25, -0.2) is 18.9 Å². The Labute approximate surface area is 263 Å². The molecule has 242 valence electrons. The van der Waals surface area contributed by atoms with Crippen molar-refractivity contribution >= 4 is 64.9 Å². The summed E-state index contributed by atoms with van der Waals surface area (Å²) in [5, 5.41) is 24.7. The fourth-order valence-electron chi connectivity index (χ4n) is 3.91. The highest BCUT2D eigenvalue weighted by atomic mass is 32.2. The molecule has 0 atom stereocenters. The van der Waals surface area contributed by atoms with Gasteiger partial charge in [0.05, 0.1) is 45.9 Å². The van der Waals surface area contributed by atoms with Crippen molar-refractivity contribution in [2.24, 2.45) is 0 Å². The molecule has 0 aliphatic rings. The number of ether oxygens (including phenoxy) is 2. The van der Waals surface area contributed by atoms with E-state index in [4.69, 9.17) is 20.0 Å². The monoisotopic (exact) mass is 724 g/mol. The predicted octanol–water partition coefficient (Wildman–Crippen LogP) is 5.13. The minimum Gasteiger partial charge on any atom is -0.495 e. The van der Waals surface area contributed by atoms with Gasteiger partial charge in [-0.15, -0.1) is 8.67 Å². The van der Waals surface area contributed by atoms with Gasteiger partial charge >= 0.3 is 0 Å². The van der Waals surface area contributed by atoms with Crippen LogP contribution in [0.3, 0.4) is 0 Å². The van der Waals surface area contributed by atoms with E-state index in [1.165, 1.54) is 36.4 Å². The maximum atomic E-state index is 13.4. The second kappa shape index (κ2) is 13.8. The van der Waals surface area contributed by atoms with E-state index in [1.807, 2.05) is 0 Å². The van der Waals surface area contributed by atoms with Gasteiger partial charge in [0.15, 0.2) is 0 Å². The normalized spacial score (nSPS) is 12.4. The fourth-order valence-corrected chi connectivity index (χ4v) is 7.62. The second-order valence-corrected chi connectivity index (χ2v) is 14.9. The van der Waals surface area contributed by atoms with Crippen LogP contribution in [0.15, 0.2) is 90.0 Å². The summed E-state index contributed by atoms with van der Waals surface area (Å²) in [4.78, 5) is -2.15. The molecule has 0 heterocycles. The van der Waals surface area contributed by atoms with Crippen molar-refractivity contribution in [3.8, 4) is 17.2 Å². The molecule has 21 heteroatoms. The van der Waals surface area contributed by atoms with E-state index in [-0.39, 0.29) is 37.0 Å². The largest absolute Gasteiger partial charge is 0.495 e. The van der Waals surface area contributed by atoms with Gasteiger partial charge in [0, 0.05) is 4.90 Å². The Kier molecular flexibility index (Phi) is 10.7. The lowest BCUT2D eigenvalue weighted by Gasteiger charge is -2.16. The number of aryl methyl sites for hydroxylation is 1. The summed E-state index contributed by atoms with van der Waals surface area (Å²) >= 11 is 0.861. The summed E-state index contributed by atoms with van der Waals surface area (Å²) in [6.07, 6.45) is 0. The molecule has 45 heavy (non-hydrogen) atoms. The molecular formula is C24H20O16S5. The quantitative estimate of drug-likeness (QED) is 0.0604. The Bertz CT molecular complexity index is 2080. The molecule has 0 amide bonds. The van der Waals surface area contributed by atoms with Gasteiger partial charge < -0.3 is 9.47 Å². The molecule has 4 aromatic carbocycles. The molecule has 4 N–H and O–H groups in total. The molecule has 16 nitrogen and oxygen atoms in total. The van der Waals surface area contributed by atoms with Gasteiger partial charge in [-0.3, -0.25) is 9.11 Å². The van der Waals surface area contributed by atoms with Crippen LogP contribution in [0, 0.1) is 6.92 Å². The van der Waals surface area contributed by atoms with Crippen molar-refractivity contribution in [3.05, 3.63) is 66.2 Å². The van der Waals surface area contributed by atoms with E-state index in [0.29, 0.717) is 35.7 Å². The van der Waals surface area contributed by atoms with Crippen molar-refractivity contribution in [3.63, 3.8) is 0 Å². The minimum atomic E-state index is -5.13. The Morgan fingerprint density at radius 1 is 0.622 bits per heavy atom. The molecule has 0 aliphatic carbocycles. The molecule has 0 aliphatic heterocycles. The lowest BCUT2D eigenvalue weighted by Crippen LogP contribution is -2.07. The first-order valence-electron chi connectivity index (χ1n) is 11.7. The number of sulfone groups is 1. The van der Waals surface area contributed by atoms with Crippen LogP contribution in [0.1, 0.15) is 5.56 Å². The summed E-state index contributed by atoms with van der Waals surface area (Å²) < 4.78 is 115. The van der Waals surface area contributed by atoms with E-state index < -0.39 is 50.5 Å². The van der Waals surface area contributed by atoms with Gasteiger partial charge in [-0.05, 0) is 77.9 Å². The molecule has 0 saturated carbocycles. The Hall–Kier alpha value is -3.03. The summed E-state index contributed by atoms with van der Waals surface area (Å²) in [5.41, 5.74) is 0.560. The molecule has 4 rings (SSSR count). The summed E-state index contributed by atoms with van der Waals surface area (Å²) in [7, 11) is -13.1. The van der Waals surface area contributed by atoms with E-state index in [1.54, 1.807) is 6.92 Å². The maximum absolute atomic E-state index is 13.4. The third-order valence-electron chi connectivity index (χ3n) is 5.96. The highest BCUT2D eigenvalue weighted by Gasteiger charge is 2.26. The number of rotatable bonds is 13. The zero-order valence-electron chi connectivity index (χ0n) is 22.5. The summed E-state index contributed by atoms with van der Waals surface area (Å²) in [6, 6.07) is 11.4. The molecule has 0 saturated heterocycles. The van der Waals surface area contributed by atoms with E-state index in [0.717, 1.165) is 25.3 Å². The van der Waals surface area contributed by atoms with Gasteiger partial charge in [-0.1, -0.05) is 16.1 Å². The van der Waals surface area contributed by atoms with Crippen LogP contribution in [0.4, 0.5) is 0 Å². The third-order valence-corrected chi connectivity index (χ3v) is 10.8. The third kappa shape index (κ3) is 7.86. The predicted molar refractivity (Wildman–Crippen MR) is 155 cm³/mol. The minimum absolute atomic E-state index is 0.0419. The van der Waals surface area contributed by atoms with Crippen LogP contribution >= 0.6 is 24.1 Å². The van der Waals surface area contributed by atoms with E-state index >= 15 is 0 Å². The average molecular weight is 725 g/mol. The second-order valence-electron chi connectivity index (χ2n) is 8.69. The first-order valence-corrected chi connectivity index (χ1v) is 17.5. The molecule has 0 unspecified atom stereocenters. The molecule has 0 spiro atoms. The standard InChI is InChI=1S/C24H20O16S5/c1-13-3-4-16(11-21(13)41-39-37-25)43(27,28)17-5-6-18(24(12-17)45(32,33)34)36-19-7-14-8-20(35-2)23(44(29,30)31)10-15(14)9-22(19)42-40-38-26/h3-12,25-26H,1-2H3,(H,29,30,31)(H,32,33,34). The van der Waals surface area contributed by atoms with Crippen LogP contribution < -0.4 is 9.47 Å². The molecular weight excluding hydrogens is 705 g/mol. The van der Waals surface area contributed by atoms with Crippen LogP contribution in [-0.4, -0.2) is 52.0 Å². The van der Waals surface area contributed by atoms with Crippen molar-refractivity contribution in [2.75, 3.05) is 7.11 Å². The summed E-state index contributed by atoms with van der Waals surface area (Å²) in [5.74, 6) is -0.983. The summed E-state index contributed by atoms with van der Waals surface area (Å²) in [6.45, 7) is 1.63. The van der Waals surface area contributed by atoms with Crippen LogP contribution in [0.5, 0.6) is 17.2 Å². The number of benzene rings is 4. The van der Waals surface area contributed by atoms with E-state index in [9.17, 15) is 34.4 Å². The smallest absolute Gasteiger partial charge is 0.298 e. The molecule has 0 fully saturated rings. The van der Waals surface area contributed by atoms with Crippen LogP contribution in [0.2, 0.25) is 0 Å². The average Bonchev–Trinajstić information content (AvgIpc) is 2.97. The van der Waals surface area contributed by atoms with Gasteiger partial charge in [0.25, 0.3) is 20.2 Å². The fraction of sp³-hybridized carbons (Fsp3) is 0.0833. The number of fused-ring (bicyclic) bond motifs is 1. The lowest BCUT2D eigenvalue weighted by atomic mass is 10.1. The Morgan fingerprint density at radius 3 is 1.76 bits per heavy atom. The number of methoxy groups -OCH3 is 1. The topological polar surface area (TPSA) is 239 Å².